The second-order valence-corrected chi connectivity index (χ2v) is 5.80. The Balaban J connectivity index is 1.92. The van der Waals surface area contributed by atoms with Crippen LogP contribution < -0.4 is 5.73 Å². The standard InChI is InChI=1S/C17H23N3/c1-13-7-8-14(16-6-4-9-19-17(13)16)12-20-10-3-2-5-15(20)11-18/h4,6-9,15H,2-3,5,10-12,18H2,1H3/t15-/m0/s1. The fourth-order valence-corrected chi connectivity index (χ4v) is 3.26. The van der Waals surface area contributed by atoms with Crippen LogP contribution in [0.5, 0.6) is 0 Å². The monoisotopic (exact) mass is 269 g/mol. The van der Waals surface area contributed by atoms with Gasteiger partial charge in [-0.3, -0.25) is 9.88 Å². The van der Waals surface area contributed by atoms with Gasteiger partial charge >= 0.3 is 0 Å². The van der Waals surface area contributed by atoms with Crippen molar-refractivity contribution >= 4 is 10.9 Å². The predicted octanol–water partition coefficient (Wildman–Crippen LogP) is 2.86. The molecule has 1 aromatic carbocycles. The highest BCUT2D eigenvalue weighted by Gasteiger charge is 2.21. The third-order valence-corrected chi connectivity index (χ3v) is 4.46. The molecular weight excluding hydrogens is 246 g/mol. The van der Waals surface area contributed by atoms with Gasteiger partial charge in [-0.05, 0) is 43.5 Å². The maximum atomic E-state index is 5.93. The number of nitrogens with zero attached hydrogens (tertiary/aromatic N) is 2. The number of piperidine rings is 1. The predicted molar refractivity (Wildman–Crippen MR) is 83.6 cm³/mol. The third kappa shape index (κ3) is 2.56. The van der Waals surface area contributed by atoms with Crippen LogP contribution >= 0.6 is 0 Å². The molecule has 0 spiro atoms. The molecule has 1 atom stereocenters. The van der Waals surface area contributed by atoms with Gasteiger partial charge in [-0.2, -0.15) is 0 Å². The van der Waals surface area contributed by atoms with Gasteiger partial charge < -0.3 is 5.73 Å². The Morgan fingerprint density at radius 2 is 2.20 bits per heavy atom. The number of aromatic nitrogens is 1. The van der Waals surface area contributed by atoms with E-state index in [-0.39, 0.29) is 0 Å². The van der Waals surface area contributed by atoms with Gasteiger partial charge in [0.15, 0.2) is 0 Å². The van der Waals surface area contributed by atoms with Gasteiger partial charge in [-0.15, -0.1) is 0 Å². The van der Waals surface area contributed by atoms with E-state index in [4.69, 9.17) is 5.73 Å². The molecule has 0 bridgehead atoms. The second kappa shape index (κ2) is 5.90. The zero-order valence-electron chi connectivity index (χ0n) is 12.2. The fraction of sp³-hybridized carbons (Fsp3) is 0.471. The number of hydrogen-bond acceptors (Lipinski definition) is 3. The van der Waals surface area contributed by atoms with E-state index in [1.165, 1.54) is 35.8 Å². The topological polar surface area (TPSA) is 42.1 Å². The lowest BCUT2D eigenvalue weighted by atomic mass is 9.99. The molecule has 1 saturated heterocycles. The van der Waals surface area contributed by atoms with Gasteiger partial charge in [0.2, 0.25) is 0 Å². The molecule has 1 aliphatic heterocycles. The summed E-state index contributed by atoms with van der Waals surface area (Å²) in [5.74, 6) is 0. The summed E-state index contributed by atoms with van der Waals surface area (Å²) < 4.78 is 0. The van der Waals surface area contributed by atoms with Gasteiger partial charge in [0.05, 0.1) is 5.52 Å². The molecule has 2 N–H and O–H groups in total. The summed E-state index contributed by atoms with van der Waals surface area (Å²) in [4.78, 5) is 7.07. The van der Waals surface area contributed by atoms with E-state index < -0.39 is 0 Å². The Labute approximate surface area is 120 Å². The van der Waals surface area contributed by atoms with E-state index in [9.17, 15) is 0 Å². The summed E-state index contributed by atoms with van der Waals surface area (Å²) in [6, 6.07) is 9.19. The zero-order chi connectivity index (χ0) is 13.9. The molecule has 3 heteroatoms. The highest BCUT2D eigenvalue weighted by atomic mass is 15.2. The van der Waals surface area contributed by atoms with E-state index in [2.05, 4.69) is 35.0 Å². The average molecular weight is 269 g/mol. The second-order valence-electron chi connectivity index (χ2n) is 5.80. The normalized spacial score (nSPS) is 20.4. The molecule has 1 fully saturated rings. The zero-order valence-corrected chi connectivity index (χ0v) is 12.2. The molecule has 1 aliphatic rings. The molecular formula is C17H23N3. The first-order valence-electron chi connectivity index (χ1n) is 7.57. The molecule has 1 aromatic heterocycles. The van der Waals surface area contributed by atoms with Gasteiger partial charge in [-0.1, -0.05) is 24.6 Å². The van der Waals surface area contributed by atoms with Gasteiger partial charge in [0.1, 0.15) is 0 Å². The summed E-state index contributed by atoms with van der Waals surface area (Å²) >= 11 is 0. The smallest absolute Gasteiger partial charge is 0.0734 e. The molecule has 0 saturated carbocycles. The minimum atomic E-state index is 0.539. The van der Waals surface area contributed by atoms with Crippen molar-refractivity contribution in [2.24, 2.45) is 5.73 Å². The molecule has 0 amide bonds. The number of pyridine rings is 1. The van der Waals surface area contributed by atoms with E-state index in [1.807, 2.05) is 12.3 Å². The summed E-state index contributed by atoms with van der Waals surface area (Å²) in [6.45, 7) is 5.05. The summed E-state index contributed by atoms with van der Waals surface area (Å²) in [5, 5.41) is 1.29. The Morgan fingerprint density at radius 3 is 3.05 bits per heavy atom. The van der Waals surface area contributed by atoms with Gasteiger partial charge in [0, 0.05) is 30.7 Å². The van der Waals surface area contributed by atoms with Crippen LogP contribution in [0.25, 0.3) is 10.9 Å². The van der Waals surface area contributed by atoms with Crippen LogP contribution in [0.15, 0.2) is 30.5 Å². The fourth-order valence-electron chi connectivity index (χ4n) is 3.26. The van der Waals surface area contributed by atoms with Crippen molar-refractivity contribution in [3.63, 3.8) is 0 Å². The quantitative estimate of drug-likeness (QED) is 0.931. The van der Waals surface area contributed by atoms with Crippen molar-refractivity contribution in [2.45, 2.75) is 38.8 Å². The van der Waals surface area contributed by atoms with E-state index in [0.717, 1.165) is 25.2 Å². The molecule has 2 aromatic rings. The minimum Gasteiger partial charge on any atom is -0.329 e. The molecule has 0 unspecified atom stereocenters. The Bertz CT molecular complexity index is 594. The molecule has 3 nitrogen and oxygen atoms in total. The number of hydrogen-bond donors (Lipinski definition) is 1. The van der Waals surface area contributed by atoms with Crippen molar-refractivity contribution in [1.29, 1.82) is 0 Å². The van der Waals surface area contributed by atoms with Crippen LogP contribution in [0.3, 0.4) is 0 Å². The number of benzene rings is 1. The highest BCUT2D eigenvalue weighted by Crippen LogP contribution is 2.24. The van der Waals surface area contributed by atoms with Crippen LogP contribution in [0, 0.1) is 6.92 Å². The number of fused-ring (bicyclic) bond motifs is 1. The average Bonchev–Trinajstić information content (AvgIpc) is 2.51. The highest BCUT2D eigenvalue weighted by molar-refractivity contribution is 5.84. The Hall–Kier alpha value is -1.45. The number of nitrogens with two attached hydrogens (primary N) is 1. The van der Waals surface area contributed by atoms with Crippen LogP contribution in [0.1, 0.15) is 30.4 Å². The Kier molecular flexibility index (Phi) is 3.99. The van der Waals surface area contributed by atoms with Gasteiger partial charge in [-0.25, -0.2) is 0 Å². The van der Waals surface area contributed by atoms with Crippen LogP contribution in [-0.4, -0.2) is 29.0 Å². The van der Waals surface area contributed by atoms with Crippen molar-refractivity contribution in [3.8, 4) is 0 Å². The molecule has 106 valence electrons. The number of likely N-dealkylation sites (tertiary alicyclic amines) is 1. The summed E-state index contributed by atoms with van der Waals surface area (Å²) in [7, 11) is 0. The Morgan fingerprint density at radius 1 is 1.30 bits per heavy atom. The van der Waals surface area contributed by atoms with E-state index >= 15 is 0 Å². The molecule has 2 heterocycles. The third-order valence-electron chi connectivity index (χ3n) is 4.46. The molecule has 20 heavy (non-hydrogen) atoms. The first-order valence-corrected chi connectivity index (χ1v) is 7.57. The van der Waals surface area contributed by atoms with Crippen LogP contribution in [0.2, 0.25) is 0 Å². The maximum absolute atomic E-state index is 5.93. The van der Waals surface area contributed by atoms with Crippen LogP contribution in [0.4, 0.5) is 0 Å². The van der Waals surface area contributed by atoms with Gasteiger partial charge in [0.25, 0.3) is 0 Å². The van der Waals surface area contributed by atoms with Crippen LogP contribution in [-0.2, 0) is 6.54 Å². The number of aryl methyl sites for hydroxylation is 1. The first-order chi connectivity index (χ1) is 9.79. The summed E-state index contributed by atoms with van der Waals surface area (Å²) in [6.07, 6.45) is 5.72. The first kappa shape index (κ1) is 13.5. The number of rotatable bonds is 3. The maximum Gasteiger partial charge on any atom is 0.0734 e. The van der Waals surface area contributed by atoms with Crippen molar-refractivity contribution in [3.05, 3.63) is 41.6 Å². The lowest BCUT2D eigenvalue weighted by Crippen LogP contribution is -2.43. The van der Waals surface area contributed by atoms with E-state index in [1.54, 1.807) is 0 Å². The molecule has 3 rings (SSSR count). The molecule has 0 aliphatic carbocycles. The summed E-state index contributed by atoms with van der Waals surface area (Å²) in [5.41, 5.74) is 9.68. The lowest BCUT2D eigenvalue weighted by Gasteiger charge is -2.35. The SMILES string of the molecule is Cc1ccc(CN2CCCC[C@H]2CN)c2cccnc12. The largest absolute Gasteiger partial charge is 0.329 e. The van der Waals surface area contributed by atoms with Crippen molar-refractivity contribution in [1.82, 2.24) is 9.88 Å². The minimum absolute atomic E-state index is 0.539. The lowest BCUT2D eigenvalue weighted by molar-refractivity contribution is 0.145. The van der Waals surface area contributed by atoms with Crippen molar-refractivity contribution < 1.29 is 0 Å². The van der Waals surface area contributed by atoms with Crippen molar-refractivity contribution in [2.75, 3.05) is 13.1 Å². The molecule has 0 radical (unpaired) electrons. The van der Waals surface area contributed by atoms with E-state index in [0.29, 0.717) is 6.04 Å².